The molecule has 0 radical (unpaired) electrons. The molecule has 0 aliphatic heterocycles. The molecule has 0 saturated carbocycles. The molecule has 9 heteroatoms. The van der Waals surface area contributed by atoms with Crippen LogP contribution in [0, 0.1) is 20.8 Å². The summed E-state index contributed by atoms with van der Waals surface area (Å²) in [6.45, 7) is 9.41. The lowest BCUT2D eigenvalue weighted by atomic mass is 10.1. The number of hydrogen-bond donors (Lipinski definition) is 3. The van der Waals surface area contributed by atoms with E-state index >= 15 is 0 Å². The van der Waals surface area contributed by atoms with Crippen molar-refractivity contribution in [1.82, 2.24) is 10.7 Å². The number of methoxy groups -OCH3 is 1. The van der Waals surface area contributed by atoms with E-state index in [0.717, 1.165) is 22.4 Å². The van der Waals surface area contributed by atoms with Gasteiger partial charge >= 0.3 is 11.8 Å². The maximum Gasteiger partial charge on any atom is 0.329 e. The molecule has 2 aromatic carbocycles. The molecule has 0 aromatic heterocycles. The summed E-state index contributed by atoms with van der Waals surface area (Å²) in [5.74, 6) is -1.12. The highest BCUT2D eigenvalue weighted by molar-refractivity contribution is 6.35. The molecule has 0 bridgehead atoms. The monoisotopic (exact) mass is 468 g/mol. The average Bonchev–Trinajstić information content (AvgIpc) is 2.79. The van der Waals surface area contributed by atoms with Crippen molar-refractivity contribution in [2.75, 3.05) is 19.0 Å². The molecule has 2 aromatic rings. The molecule has 34 heavy (non-hydrogen) atoms. The minimum atomic E-state index is -0.853. The Kier molecular flexibility index (Phi) is 9.61. The van der Waals surface area contributed by atoms with Crippen LogP contribution in [-0.4, -0.2) is 43.7 Å². The van der Waals surface area contributed by atoms with Gasteiger partial charge in [-0.1, -0.05) is 24.6 Å². The summed E-state index contributed by atoms with van der Waals surface area (Å²) in [5.41, 5.74) is 6.65. The van der Waals surface area contributed by atoms with Gasteiger partial charge in [-0.15, -0.1) is 0 Å². The van der Waals surface area contributed by atoms with Gasteiger partial charge in [-0.05, 0) is 69.0 Å². The largest absolute Gasteiger partial charge is 0.493 e. The predicted molar refractivity (Wildman–Crippen MR) is 131 cm³/mol. The number of rotatable bonds is 9. The van der Waals surface area contributed by atoms with Gasteiger partial charge in [0.25, 0.3) is 5.91 Å². The number of nitrogens with one attached hydrogen (secondary N) is 3. The Morgan fingerprint density at radius 1 is 1.03 bits per heavy atom. The number of hydrazone groups is 1. The first-order valence-corrected chi connectivity index (χ1v) is 11.0. The van der Waals surface area contributed by atoms with Crippen LogP contribution in [0.3, 0.4) is 0 Å². The number of nitrogens with zero attached hydrogens (tertiary/aromatic N) is 1. The maximum absolute atomic E-state index is 12.4. The van der Waals surface area contributed by atoms with Gasteiger partial charge in [0, 0.05) is 11.7 Å². The first-order chi connectivity index (χ1) is 16.1. The van der Waals surface area contributed by atoms with E-state index in [-0.39, 0.29) is 18.6 Å². The van der Waals surface area contributed by atoms with E-state index in [4.69, 9.17) is 9.47 Å². The second-order valence-corrected chi connectivity index (χ2v) is 8.00. The third kappa shape index (κ3) is 7.61. The van der Waals surface area contributed by atoms with E-state index in [9.17, 15) is 14.4 Å². The zero-order valence-electron chi connectivity index (χ0n) is 20.4. The van der Waals surface area contributed by atoms with E-state index < -0.39 is 11.8 Å². The Morgan fingerprint density at radius 3 is 2.32 bits per heavy atom. The van der Waals surface area contributed by atoms with Gasteiger partial charge in [-0.3, -0.25) is 14.4 Å². The highest BCUT2D eigenvalue weighted by Crippen LogP contribution is 2.28. The molecule has 0 fully saturated rings. The van der Waals surface area contributed by atoms with Crippen LogP contribution in [0.25, 0.3) is 0 Å². The molecular weight excluding hydrogens is 436 g/mol. The van der Waals surface area contributed by atoms with Gasteiger partial charge < -0.3 is 20.1 Å². The Balaban J connectivity index is 1.96. The quantitative estimate of drug-likeness (QED) is 0.297. The standard InChI is InChI=1S/C25H32N4O5/c1-7-18(5)27-24(31)25(32)29-26-13-19-8-9-20(21(12-19)33-6)34-14-22(30)28-23-16(3)10-15(2)11-17(23)4/h8-13,18H,7,14H2,1-6H3,(H,27,31)(H,28,30)(H,29,32)/b26-13-/t18-/m0/s1. The van der Waals surface area contributed by atoms with Crippen molar-refractivity contribution in [3.63, 3.8) is 0 Å². The molecular formula is C25H32N4O5. The summed E-state index contributed by atoms with van der Waals surface area (Å²) in [7, 11) is 1.48. The molecule has 3 N–H and O–H groups in total. The lowest BCUT2D eigenvalue weighted by Gasteiger charge is -2.14. The number of carbonyl (C=O) groups is 3. The molecule has 1 atom stereocenters. The molecule has 0 unspecified atom stereocenters. The molecule has 0 spiro atoms. The van der Waals surface area contributed by atoms with Crippen LogP contribution < -0.4 is 25.5 Å². The van der Waals surface area contributed by atoms with Crippen molar-refractivity contribution < 1.29 is 23.9 Å². The van der Waals surface area contributed by atoms with E-state index in [0.29, 0.717) is 23.5 Å². The minimum Gasteiger partial charge on any atom is -0.493 e. The number of hydrogen-bond acceptors (Lipinski definition) is 6. The zero-order valence-corrected chi connectivity index (χ0v) is 20.4. The van der Waals surface area contributed by atoms with Crippen LogP contribution in [0.2, 0.25) is 0 Å². The Labute approximate surface area is 199 Å². The van der Waals surface area contributed by atoms with Gasteiger partial charge in [0.2, 0.25) is 0 Å². The van der Waals surface area contributed by atoms with Gasteiger partial charge in [0.05, 0.1) is 13.3 Å². The summed E-state index contributed by atoms with van der Waals surface area (Å²) in [5, 5.41) is 9.24. The van der Waals surface area contributed by atoms with Gasteiger partial charge in [0.15, 0.2) is 18.1 Å². The fourth-order valence-corrected chi connectivity index (χ4v) is 3.19. The predicted octanol–water partition coefficient (Wildman–Crippen LogP) is 3.00. The van der Waals surface area contributed by atoms with Crippen molar-refractivity contribution in [2.24, 2.45) is 5.10 Å². The lowest BCUT2D eigenvalue weighted by molar-refractivity contribution is -0.139. The summed E-state index contributed by atoms with van der Waals surface area (Å²) in [6.07, 6.45) is 2.08. The summed E-state index contributed by atoms with van der Waals surface area (Å²) < 4.78 is 11.0. The molecule has 9 nitrogen and oxygen atoms in total. The summed E-state index contributed by atoms with van der Waals surface area (Å²) in [6, 6.07) is 8.86. The molecule has 0 aliphatic rings. The fourth-order valence-electron chi connectivity index (χ4n) is 3.19. The first-order valence-electron chi connectivity index (χ1n) is 11.0. The van der Waals surface area contributed by atoms with Crippen LogP contribution in [0.15, 0.2) is 35.4 Å². The molecule has 2 rings (SSSR count). The third-order valence-corrected chi connectivity index (χ3v) is 5.06. The topological polar surface area (TPSA) is 118 Å². The minimum absolute atomic E-state index is 0.106. The highest BCUT2D eigenvalue weighted by Gasteiger charge is 2.14. The molecule has 0 heterocycles. The van der Waals surface area contributed by atoms with Gasteiger partial charge in [-0.25, -0.2) is 5.43 Å². The number of anilines is 1. The molecule has 0 saturated heterocycles. The van der Waals surface area contributed by atoms with E-state index in [2.05, 4.69) is 21.2 Å². The van der Waals surface area contributed by atoms with Crippen molar-refractivity contribution in [2.45, 2.75) is 47.1 Å². The second kappa shape index (κ2) is 12.4. The van der Waals surface area contributed by atoms with Crippen molar-refractivity contribution in [3.8, 4) is 11.5 Å². The average molecular weight is 469 g/mol. The van der Waals surface area contributed by atoms with Gasteiger partial charge in [0.1, 0.15) is 0 Å². The Morgan fingerprint density at radius 2 is 1.71 bits per heavy atom. The highest BCUT2D eigenvalue weighted by atomic mass is 16.5. The fraction of sp³-hybridized carbons (Fsp3) is 0.360. The number of amides is 3. The van der Waals surface area contributed by atoms with Crippen molar-refractivity contribution in [3.05, 3.63) is 52.6 Å². The van der Waals surface area contributed by atoms with E-state index in [1.807, 2.05) is 39.8 Å². The normalized spacial score (nSPS) is 11.6. The van der Waals surface area contributed by atoms with Crippen LogP contribution in [-0.2, 0) is 14.4 Å². The number of benzene rings is 2. The molecule has 0 aliphatic carbocycles. The van der Waals surface area contributed by atoms with Crippen LogP contribution in [0.4, 0.5) is 5.69 Å². The Hall–Kier alpha value is -3.88. The van der Waals surface area contributed by atoms with Gasteiger partial charge in [-0.2, -0.15) is 5.10 Å². The zero-order chi connectivity index (χ0) is 25.3. The van der Waals surface area contributed by atoms with Crippen LogP contribution in [0.1, 0.15) is 42.5 Å². The third-order valence-electron chi connectivity index (χ3n) is 5.06. The maximum atomic E-state index is 12.4. The molecule has 182 valence electrons. The Bertz CT molecular complexity index is 1060. The summed E-state index contributed by atoms with van der Waals surface area (Å²) >= 11 is 0. The number of carbonyl (C=O) groups excluding carboxylic acids is 3. The second-order valence-electron chi connectivity index (χ2n) is 8.00. The van der Waals surface area contributed by atoms with Crippen molar-refractivity contribution >= 4 is 29.6 Å². The SMILES string of the molecule is CC[C@H](C)NC(=O)C(=O)N/N=C\c1ccc(OCC(=O)Nc2c(C)cc(C)cc2C)c(OC)c1. The van der Waals surface area contributed by atoms with Crippen LogP contribution in [0.5, 0.6) is 11.5 Å². The summed E-state index contributed by atoms with van der Waals surface area (Å²) in [4.78, 5) is 35.9. The number of ether oxygens (including phenoxy) is 2. The number of aryl methyl sites for hydroxylation is 3. The first kappa shape index (κ1) is 26.4. The lowest BCUT2D eigenvalue weighted by Crippen LogP contribution is -2.41. The molecule has 3 amide bonds. The van der Waals surface area contributed by atoms with E-state index in [1.165, 1.54) is 13.3 Å². The van der Waals surface area contributed by atoms with Crippen LogP contribution >= 0.6 is 0 Å². The van der Waals surface area contributed by atoms with Crippen molar-refractivity contribution in [1.29, 1.82) is 0 Å². The smallest absolute Gasteiger partial charge is 0.329 e. The van der Waals surface area contributed by atoms with E-state index in [1.54, 1.807) is 25.1 Å².